The van der Waals surface area contributed by atoms with Gasteiger partial charge < -0.3 is 9.53 Å². The standard InChI is InChI=1S/C31H35F3N4O2/c1-20(39)14-22(23-15-24(18-26(16-23)35-4)30(2,3)31(32,33)34)17-27-19-29(38(5)37-27)40-13-12-25-11-10-21-8-6-7-9-28(21)36-25/h10-11,15-16,18-19,22H,6-9,12-14,17H2,1-3,5H3. The summed E-state index contributed by atoms with van der Waals surface area (Å²) < 4.78 is 49.1. The van der Waals surface area contributed by atoms with Gasteiger partial charge in [0.15, 0.2) is 5.69 Å². The van der Waals surface area contributed by atoms with Crippen molar-refractivity contribution < 1.29 is 22.7 Å². The number of hydrogen-bond acceptors (Lipinski definition) is 4. The molecule has 1 aliphatic rings. The molecule has 1 aliphatic carbocycles. The minimum atomic E-state index is -4.50. The van der Waals surface area contributed by atoms with Crippen LogP contribution in [0.4, 0.5) is 18.9 Å². The van der Waals surface area contributed by atoms with Crippen LogP contribution in [0.5, 0.6) is 5.88 Å². The molecule has 3 aromatic rings. The smallest absolute Gasteiger partial charge is 0.397 e. The summed E-state index contributed by atoms with van der Waals surface area (Å²) in [5, 5.41) is 4.54. The molecule has 1 aromatic carbocycles. The summed E-state index contributed by atoms with van der Waals surface area (Å²) in [7, 11) is 1.76. The van der Waals surface area contributed by atoms with Crippen molar-refractivity contribution in [1.82, 2.24) is 14.8 Å². The first-order chi connectivity index (χ1) is 18.9. The highest BCUT2D eigenvalue weighted by Crippen LogP contribution is 2.43. The maximum atomic E-state index is 13.8. The number of aryl methyl sites for hydroxylation is 3. The van der Waals surface area contributed by atoms with Crippen LogP contribution in [0.2, 0.25) is 0 Å². The Morgan fingerprint density at radius 3 is 2.58 bits per heavy atom. The molecule has 4 rings (SSSR count). The lowest BCUT2D eigenvalue weighted by Crippen LogP contribution is -2.36. The summed E-state index contributed by atoms with van der Waals surface area (Å²) in [5.74, 6) is 0.0209. The third-order valence-corrected chi connectivity index (χ3v) is 7.69. The number of Topliss-reactive ketones (excluding diaryl/α,β-unsaturated/α-hetero) is 1. The van der Waals surface area contributed by atoms with E-state index in [1.165, 1.54) is 43.2 Å². The number of pyridine rings is 1. The first-order valence-electron chi connectivity index (χ1n) is 13.6. The Morgan fingerprint density at radius 2 is 1.88 bits per heavy atom. The Bertz CT molecular complexity index is 1420. The summed E-state index contributed by atoms with van der Waals surface area (Å²) in [4.78, 5) is 20.4. The van der Waals surface area contributed by atoms with Gasteiger partial charge in [0.2, 0.25) is 5.88 Å². The minimum Gasteiger partial charge on any atom is -0.477 e. The summed E-state index contributed by atoms with van der Waals surface area (Å²) >= 11 is 0. The number of fused-ring (bicyclic) bond motifs is 1. The van der Waals surface area contributed by atoms with E-state index in [4.69, 9.17) is 16.3 Å². The second kappa shape index (κ2) is 11.8. The van der Waals surface area contributed by atoms with E-state index in [1.807, 2.05) is 0 Å². The molecular weight excluding hydrogens is 517 g/mol. The first-order valence-corrected chi connectivity index (χ1v) is 13.6. The van der Waals surface area contributed by atoms with Crippen LogP contribution in [0.3, 0.4) is 0 Å². The summed E-state index contributed by atoms with van der Waals surface area (Å²) in [5.41, 5.74) is 2.64. The minimum absolute atomic E-state index is 0.00196. The second-order valence-electron chi connectivity index (χ2n) is 11.2. The molecular formula is C31H35F3N4O2. The normalized spacial score (nSPS) is 14.3. The van der Waals surface area contributed by atoms with Crippen LogP contribution < -0.4 is 4.74 Å². The third kappa shape index (κ3) is 6.72. The molecule has 0 aliphatic heterocycles. The van der Waals surface area contributed by atoms with Gasteiger partial charge in [-0.05, 0) is 76.0 Å². The molecule has 2 heterocycles. The molecule has 1 unspecified atom stereocenters. The van der Waals surface area contributed by atoms with E-state index in [9.17, 15) is 18.0 Å². The summed E-state index contributed by atoms with van der Waals surface area (Å²) in [6.07, 6.45) is 1.08. The molecule has 40 heavy (non-hydrogen) atoms. The van der Waals surface area contributed by atoms with Crippen LogP contribution in [0.25, 0.3) is 4.85 Å². The molecule has 2 aromatic heterocycles. The molecule has 0 saturated heterocycles. The highest BCUT2D eigenvalue weighted by Gasteiger charge is 2.48. The van der Waals surface area contributed by atoms with Gasteiger partial charge in [-0.1, -0.05) is 29.8 Å². The van der Waals surface area contributed by atoms with Crippen LogP contribution in [-0.4, -0.2) is 33.3 Å². The molecule has 9 heteroatoms. The fraction of sp³-hybridized carbons (Fsp3) is 0.484. The SMILES string of the molecule is [C-]#[N+]c1cc(C(CC(C)=O)Cc2cc(OCCc3ccc4c(n3)CCCC4)n(C)n2)cc(C(C)(C)C(F)(F)F)c1. The Morgan fingerprint density at radius 1 is 1.12 bits per heavy atom. The maximum absolute atomic E-state index is 13.8. The molecule has 0 saturated carbocycles. The van der Waals surface area contributed by atoms with Crippen molar-refractivity contribution in [3.63, 3.8) is 0 Å². The third-order valence-electron chi connectivity index (χ3n) is 7.69. The second-order valence-corrected chi connectivity index (χ2v) is 11.2. The van der Waals surface area contributed by atoms with Crippen molar-refractivity contribution in [3.05, 3.63) is 81.6 Å². The van der Waals surface area contributed by atoms with E-state index in [-0.39, 0.29) is 23.5 Å². The average molecular weight is 553 g/mol. The number of aromatic nitrogens is 3. The van der Waals surface area contributed by atoms with Crippen molar-refractivity contribution >= 4 is 11.5 Å². The molecule has 0 spiro atoms. The van der Waals surface area contributed by atoms with Crippen LogP contribution in [0.15, 0.2) is 36.4 Å². The van der Waals surface area contributed by atoms with Crippen LogP contribution in [0, 0.1) is 6.57 Å². The number of rotatable bonds is 10. The number of halogens is 3. The van der Waals surface area contributed by atoms with Gasteiger partial charge in [0.25, 0.3) is 0 Å². The van der Waals surface area contributed by atoms with E-state index in [2.05, 4.69) is 22.1 Å². The van der Waals surface area contributed by atoms with Gasteiger partial charge in [-0.3, -0.25) is 4.98 Å². The quantitative estimate of drug-likeness (QED) is 0.254. The molecule has 0 N–H and O–H groups in total. The lowest BCUT2D eigenvalue weighted by molar-refractivity contribution is -0.180. The number of carbonyl (C=O) groups excluding carboxylic acids is 1. The molecule has 6 nitrogen and oxygen atoms in total. The number of alkyl halides is 3. The Kier molecular flexibility index (Phi) is 8.67. The number of carbonyl (C=O) groups is 1. The highest BCUT2D eigenvalue weighted by atomic mass is 19.4. The number of ether oxygens (including phenoxy) is 1. The van der Waals surface area contributed by atoms with E-state index in [1.54, 1.807) is 23.9 Å². The first kappa shape index (κ1) is 29.3. The molecule has 0 amide bonds. The Balaban J connectivity index is 1.51. The molecule has 0 bridgehead atoms. The summed E-state index contributed by atoms with van der Waals surface area (Å²) in [6.45, 7) is 11.5. The Hall–Kier alpha value is -3.67. The van der Waals surface area contributed by atoms with Crippen molar-refractivity contribution in [2.24, 2.45) is 7.05 Å². The number of hydrogen-bond donors (Lipinski definition) is 0. The lowest BCUT2D eigenvalue weighted by Gasteiger charge is -2.29. The largest absolute Gasteiger partial charge is 0.477 e. The maximum Gasteiger partial charge on any atom is 0.397 e. The Labute approximate surface area is 233 Å². The van der Waals surface area contributed by atoms with E-state index >= 15 is 0 Å². The van der Waals surface area contributed by atoms with Gasteiger partial charge in [-0.2, -0.15) is 18.3 Å². The monoisotopic (exact) mass is 552 g/mol. The highest BCUT2D eigenvalue weighted by molar-refractivity contribution is 5.76. The molecule has 212 valence electrons. The van der Waals surface area contributed by atoms with Crippen molar-refractivity contribution in [1.29, 1.82) is 0 Å². The van der Waals surface area contributed by atoms with Crippen molar-refractivity contribution in [2.45, 2.75) is 83.2 Å². The molecule has 0 fully saturated rings. The van der Waals surface area contributed by atoms with Gasteiger partial charge in [0.05, 0.1) is 24.3 Å². The predicted octanol–water partition coefficient (Wildman–Crippen LogP) is 7.01. The van der Waals surface area contributed by atoms with Gasteiger partial charge in [-0.15, -0.1) is 0 Å². The van der Waals surface area contributed by atoms with Gasteiger partial charge in [-0.25, -0.2) is 9.53 Å². The fourth-order valence-corrected chi connectivity index (χ4v) is 5.14. The van der Waals surface area contributed by atoms with Gasteiger partial charge in [0.1, 0.15) is 5.78 Å². The number of nitrogens with zero attached hydrogens (tertiary/aromatic N) is 4. The average Bonchev–Trinajstić information content (AvgIpc) is 3.25. The van der Waals surface area contributed by atoms with Crippen LogP contribution >= 0.6 is 0 Å². The van der Waals surface area contributed by atoms with Crippen LogP contribution in [-0.2, 0) is 42.9 Å². The molecule has 0 radical (unpaired) electrons. The van der Waals surface area contributed by atoms with E-state index < -0.39 is 17.5 Å². The van der Waals surface area contributed by atoms with Crippen LogP contribution in [0.1, 0.15) is 79.7 Å². The zero-order valence-corrected chi connectivity index (χ0v) is 23.4. The topological polar surface area (TPSA) is 61.4 Å². The predicted molar refractivity (Wildman–Crippen MR) is 147 cm³/mol. The molecule has 1 atom stereocenters. The lowest BCUT2D eigenvalue weighted by atomic mass is 9.80. The zero-order chi connectivity index (χ0) is 29.1. The number of ketones is 1. The van der Waals surface area contributed by atoms with Crippen molar-refractivity contribution in [2.75, 3.05) is 6.61 Å². The van der Waals surface area contributed by atoms with Gasteiger partial charge in [0, 0.05) is 37.3 Å². The zero-order valence-electron chi connectivity index (χ0n) is 23.4. The van der Waals surface area contributed by atoms with Crippen molar-refractivity contribution in [3.8, 4) is 5.88 Å². The van der Waals surface area contributed by atoms with E-state index in [0.717, 1.165) is 32.4 Å². The van der Waals surface area contributed by atoms with E-state index in [0.29, 0.717) is 36.6 Å². The number of benzene rings is 1. The van der Waals surface area contributed by atoms with Gasteiger partial charge >= 0.3 is 6.18 Å². The fourth-order valence-electron chi connectivity index (χ4n) is 5.14. The summed E-state index contributed by atoms with van der Waals surface area (Å²) in [6, 6.07) is 10.3.